The Morgan fingerprint density at radius 2 is 2.13 bits per heavy atom. The zero-order valence-electron chi connectivity index (χ0n) is 10.1. The number of hydrogen-bond donors (Lipinski definition) is 1. The largest absolute Gasteiger partial charge is 0.316 e. The second-order valence-corrected chi connectivity index (χ2v) is 6.73. The molecule has 2 unspecified atom stereocenters. The second kappa shape index (κ2) is 8.77. The summed E-state index contributed by atoms with van der Waals surface area (Å²) in [7, 11) is 2.13. The molecule has 90 valence electrons. The summed E-state index contributed by atoms with van der Waals surface area (Å²) in [6.07, 6.45) is 6.94. The third-order valence-electron chi connectivity index (χ3n) is 3.03. The Hall–Kier alpha value is 0.660. The molecule has 1 saturated heterocycles. The van der Waals surface area contributed by atoms with Crippen molar-refractivity contribution in [3.05, 3.63) is 0 Å². The highest BCUT2D eigenvalue weighted by Gasteiger charge is 2.22. The van der Waals surface area contributed by atoms with Gasteiger partial charge in [-0.3, -0.25) is 0 Å². The zero-order valence-corrected chi connectivity index (χ0v) is 11.8. The van der Waals surface area contributed by atoms with Crippen LogP contribution in [0.5, 0.6) is 0 Å². The number of nitrogens with one attached hydrogen (secondary N) is 1. The molecular weight excluding hydrogens is 222 g/mol. The summed E-state index contributed by atoms with van der Waals surface area (Å²) in [6, 6.07) is 0.750. The van der Waals surface area contributed by atoms with Crippen molar-refractivity contribution in [3.8, 4) is 0 Å². The smallest absolute Gasteiger partial charge is 0.0291 e. The fraction of sp³-hybridized carbons (Fsp3) is 1.00. The van der Waals surface area contributed by atoms with Gasteiger partial charge in [0.05, 0.1) is 0 Å². The predicted octanol–water partition coefficient (Wildman–Crippen LogP) is 3.39. The van der Waals surface area contributed by atoms with Crippen LogP contribution >= 0.6 is 23.5 Å². The number of hydrogen-bond acceptors (Lipinski definition) is 3. The summed E-state index contributed by atoms with van der Waals surface area (Å²) >= 11 is 4.31. The Balaban J connectivity index is 2.15. The predicted molar refractivity (Wildman–Crippen MR) is 75.2 cm³/mol. The van der Waals surface area contributed by atoms with Crippen molar-refractivity contribution in [1.82, 2.24) is 5.32 Å². The van der Waals surface area contributed by atoms with E-state index in [1.165, 1.54) is 49.4 Å². The maximum absolute atomic E-state index is 3.51. The highest BCUT2D eigenvalue weighted by Crippen LogP contribution is 2.28. The maximum Gasteiger partial charge on any atom is 0.0291 e. The molecule has 1 aliphatic heterocycles. The van der Waals surface area contributed by atoms with Gasteiger partial charge >= 0.3 is 0 Å². The molecule has 1 nitrogen and oxygen atoms in total. The first kappa shape index (κ1) is 13.7. The van der Waals surface area contributed by atoms with Gasteiger partial charge in [0.1, 0.15) is 0 Å². The van der Waals surface area contributed by atoms with Crippen LogP contribution in [-0.2, 0) is 0 Å². The molecule has 3 heteroatoms. The van der Waals surface area contributed by atoms with Crippen molar-refractivity contribution in [2.24, 2.45) is 0 Å². The molecule has 0 aromatic rings. The first-order valence-electron chi connectivity index (χ1n) is 6.25. The molecule has 1 fully saturated rings. The summed E-state index contributed by atoms with van der Waals surface area (Å²) in [4.78, 5) is 0. The molecule has 0 aromatic carbocycles. The summed E-state index contributed by atoms with van der Waals surface area (Å²) in [5.41, 5.74) is 0. The lowest BCUT2D eigenvalue weighted by molar-refractivity contribution is 0.486. The van der Waals surface area contributed by atoms with E-state index in [1.54, 1.807) is 0 Å². The first-order chi connectivity index (χ1) is 7.38. The van der Waals surface area contributed by atoms with Crippen LogP contribution in [0.4, 0.5) is 0 Å². The van der Waals surface area contributed by atoms with Crippen molar-refractivity contribution in [2.75, 3.05) is 24.3 Å². The lowest BCUT2D eigenvalue weighted by Gasteiger charge is -2.29. The van der Waals surface area contributed by atoms with Crippen molar-refractivity contribution < 1.29 is 0 Å². The molecule has 0 spiro atoms. The fourth-order valence-electron chi connectivity index (χ4n) is 2.05. The van der Waals surface area contributed by atoms with Crippen LogP contribution < -0.4 is 5.32 Å². The summed E-state index contributed by atoms with van der Waals surface area (Å²) in [6.45, 7) is 2.28. The molecule has 2 atom stereocenters. The number of unbranched alkanes of at least 4 members (excludes halogenated alkanes) is 3. The van der Waals surface area contributed by atoms with E-state index in [2.05, 4.69) is 42.8 Å². The van der Waals surface area contributed by atoms with Crippen molar-refractivity contribution in [3.63, 3.8) is 0 Å². The van der Waals surface area contributed by atoms with Crippen LogP contribution in [0.25, 0.3) is 0 Å². The summed E-state index contributed by atoms with van der Waals surface area (Å²) in [5, 5.41) is 4.37. The monoisotopic (exact) mass is 247 g/mol. The molecule has 1 aliphatic rings. The fourth-order valence-corrected chi connectivity index (χ4v) is 5.01. The van der Waals surface area contributed by atoms with Crippen LogP contribution in [0.15, 0.2) is 0 Å². The number of rotatable bonds is 7. The molecule has 0 amide bonds. The molecule has 15 heavy (non-hydrogen) atoms. The van der Waals surface area contributed by atoms with Gasteiger partial charge in [-0.05, 0) is 13.5 Å². The van der Waals surface area contributed by atoms with Crippen LogP contribution in [0, 0.1) is 0 Å². The second-order valence-electron chi connectivity index (χ2n) is 4.23. The minimum absolute atomic E-state index is 0.750. The highest BCUT2D eigenvalue weighted by molar-refractivity contribution is 8.06. The summed E-state index contributed by atoms with van der Waals surface area (Å²) in [5.74, 6) is 4.06. The first-order valence-corrected chi connectivity index (χ1v) is 8.45. The third kappa shape index (κ3) is 5.50. The molecule has 1 heterocycles. The average Bonchev–Trinajstić information content (AvgIpc) is 2.30. The lowest BCUT2D eigenvalue weighted by atomic mass is 10.1. The Morgan fingerprint density at radius 3 is 2.73 bits per heavy atom. The van der Waals surface area contributed by atoms with E-state index in [-0.39, 0.29) is 0 Å². The SMILES string of the molecule is CCCCCCC(NC)C1CSCCS1. The van der Waals surface area contributed by atoms with Crippen LogP contribution in [0.2, 0.25) is 0 Å². The Kier molecular flexibility index (Phi) is 8.02. The topological polar surface area (TPSA) is 12.0 Å². The molecular formula is C12H25NS2. The van der Waals surface area contributed by atoms with Gasteiger partial charge in [-0.25, -0.2) is 0 Å². The van der Waals surface area contributed by atoms with Gasteiger partial charge in [-0.15, -0.1) is 0 Å². The van der Waals surface area contributed by atoms with Crippen LogP contribution in [-0.4, -0.2) is 35.6 Å². The van der Waals surface area contributed by atoms with Gasteiger partial charge in [0.25, 0.3) is 0 Å². The van der Waals surface area contributed by atoms with Crippen LogP contribution in [0.1, 0.15) is 39.0 Å². The Labute approximate surface area is 104 Å². The highest BCUT2D eigenvalue weighted by atomic mass is 32.2. The van der Waals surface area contributed by atoms with Gasteiger partial charge in [-0.2, -0.15) is 23.5 Å². The van der Waals surface area contributed by atoms with E-state index >= 15 is 0 Å². The third-order valence-corrected chi connectivity index (χ3v) is 5.95. The number of thioether (sulfide) groups is 2. The quantitative estimate of drug-likeness (QED) is 0.693. The lowest BCUT2D eigenvalue weighted by Crippen LogP contribution is -2.38. The molecule has 0 bridgehead atoms. The van der Waals surface area contributed by atoms with E-state index in [0.717, 1.165) is 11.3 Å². The van der Waals surface area contributed by atoms with E-state index in [1.807, 2.05) is 0 Å². The van der Waals surface area contributed by atoms with Crippen LogP contribution in [0.3, 0.4) is 0 Å². The zero-order chi connectivity index (χ0) is 10.9. The normalized spacial score (nSPS) is 24.0. The van der Waals surface area contributed by atoms with E-state index in [9.17, 15) is 0 Å². The Bertz CT molecular complexity index is 147. The molecule has 1 rings (SSSR count). The average molecular weight is 247 g/mol. The van der Waals surface area contributed by atoms with Gasteiger partial charge < -0.3 is 5.32 Å². The van der Waals surface area contributed by atoms with E-state index in [0.29, 0.717) is 0 Å². The molecule has 0 aliphatic carbocycles. The van der Waals surface area contributed by atoms with Crippen molar-refractivity contribution >= 4 is 23.5 Å². The minimum Gasteiger partial charge on any atom is -0.316 e. The molecule has 1 N–H and O–H groups in total. The van der Waals surface area contributed by atoms with E-state index in [4.69, 9.17) is 0 Å². The Morgan fingerprint density at radius 1 is 1.27 bits per heavy atom. The maximum atomic E-state index is 3.51. The van der Waals surface area contributed by atoms with E-state index < -0.39 is 0 Å². The van der Waals surface area contributed by atoms with Gasteiger partial charge in [0, 0.05) is 28.6 Å². The molecule has 0 radical (unpaired) electrons. The standard InChI is InChI=1S/C12H25NS2/c1-3-4-5-6-7-11(13-2)12-10-14-8-9-15-12/h11-13H,3-10H2,1-2H3. The van der Waals surface area contributed by atoms with Crippen molar-refractivity contribution in [1.29, 1.82) is 0 Å². The molecule has 0 aromatic heterocycles. The van der Waals surface area contributed by atoms with Gasteiger partial charge in [0.2, 0.25) is 0 Å². The van der Waals surface area contributed by atoms with Crippen molar-refractivity contribution in [2.45, 2.75) is 50.3 Å². The molecule has 0 saturated carbocycles. The minimum atomic E-state index is 0.750. The van der Waals surface area contributed by atoms with Gasteiger partial charge in [0.15, 0.2) is 0 Å². The summed E-state index contributed by atoms with van der Waals surface area (Å²) < 4.78 is 0. The van der Waals surface area contributed by atoms with Gasteiger partial charge in [-0.1, -0.05) is 32.6 Å².